The minimum absolute atomic E-state index is 0.0984. The first-order valence-corrected chi connectivity index (χ1v) is 5.34. The number of aromatic carboxylic acids is 1. The lowest BCUT2D eigenvalue weighted by molar-refractivity contribution is 0.0265. The van der Waals surface area contributed by atoms with Crippen LogP contribution >= 0.6 is 0 Å². The zero-order valence-corrected chi connectivity index (χ0v) is 10.1. The molecule has 1 rings (SSSR count). The fraction of sp³-hybridized carbons (Fsp3) is 0.545. The number of carboxylic acid groups (broad SMARTS) is 1. The van der Waals surface area contributed by atoms with Crippen LogP contribution in [-0.4, -0.2) is 38.3 Å². The maximum atomic E-state index is 10.6. The van der Waals surface area contributed by atoms with Crippen LogP contribution in [0.2, 0.25) is 0 Å². The number of nitrogens with zero attached hydrogens (tertiary/aromatic N) is 2. The SMILES string of the molecule is CC(C)C(C)(O)CNc1cnc(C(=O)O)cn1. The van der Waals surface area contributed by atoms with Crippen LogP contribution in [0.4, 0.5) is 5.82 Å². The Kier molecular flexibility index (Phi) is 4.01. The number of nitrogens with one attached hydrogen (secondary N) is 1. The maximum absolute atomic E-state index is 10.6. The molecule has 1 heterocycles. The molecular formula is C11H17N3O3. The van der Waals surface area contributed by atoms with Gasteiger partial charge in [-0.05, 0) is 12.8 Å². The second-order valence-corrected chi connectivity index (χ2v) is 4.46. The summed E-state index contributed by atoms with van der Waals surface area (Å²) in [6.45, 7) is 5.89. The topological polar surface area (TPSA) is 95.3 Å². The molecule has 0 bridgehead atoms. The van der Waals surface area contributed by atoms with Crippen LogP contribution in [0.25, 0.3) is 0 Å². The third-order valence-electron chi connectivity index (χ3n) is 2.74. The van der Waals surface area contributed by atoms with E-state index in [1.54, 1.807) is 6.92 Å². The molecule has 1 aromatic heterocycles. The summed E-state index contributed by atoms with van der Waals surface area (Å²) in [7, 11) is 0. The number of rotatable bonds is 5. The Hall–Kier alpha value is -1.69. The standard InChI is InChI=1S/C11H17N3O3/c1-7(2)11(3,17)6-14-9-5-12-8(4-13-9)10(15)16/h4-5,7,17H,6H2,1-3H3,(H,13,14)(H,15,16). The number of anilines is 1. The van der Waals surface area contributed by atoms with Gasteiger partial charge in [-0.2, -0.15) is 0 Å². The van der Waals surface area contributed by atoms with Gasteiger partial charge >= 0.3 is 5.97 Å². The highest BCUT2D eigenvalue weighted by Crippen LogP contribution is 2.16. The summed E-state index contributed by atoms with van der Waals surface area (Å²) in [6, 6.07) is 0. The van der Waals surface area contributed by atoms with Crippen LogP contribution in [0.1, 0.15) is 31.3 Å². The quantitative estimate of drug-likeness (QED) is 0.709. The Morgan fingerprint density at radius 2 is 2.12 bits per heavy atom. The second kappa shape index (κ2) is 5.09. The first-order valence-electron chi connectivity index (χ1n) is 5.34. The summed E-state index contributed by atoms with van der Waals surface area (Å²) < 4.78 is 0. The minimum Gasteiger partial charge on any atom is -0.476 e. The number of aliphatic hydroxyl groups is 1. The predicted molar refractivity (Wildman–Crippen MR) is 62.9 cm³/mol. The van der Waals surface area contributed by atoms with E-state index in [9.17, 15) is 9.90 Å². The summed E-state index contributed by atoms with van der Waals surface area (Å²) in [4.78, 5) is 18.2. The average molecular weight is 239 g/mol. The molecule has 17 heavy (non-hydrogen) atoms. The van der Waals surface area contributed by atoms with Crippen LogP contribution in [0.5, 0.6) is 0 Å². The molecule has 1 unspecified atom stereocenters. The molecule has 0 aliphatic heterocycles. The van der Waals surface area contributed by atoms with Crippen molar-refractivity contribution in [3.8, 4) is 0 Å². The van der Waals surface area contributed by atoms with Crippen LogP contribution < -0.4 is 5.32 Å². The first-order chi connectivity index (χ1) is 7.83. The Morgan fingerprint density at radius 1 is 1.47 bits per heavy atom. The van der Waals surface area contributed by atoms with Gasteiger partial charge in [-0.15, -0.1) is 0 Å². The Morgan fingerprint density at radius 3 is 2.53 bits per heavy atom. The van der Waals surface area contributed by atoms with E-state index in [1.807, 2.05) is 13.8 Å². The van der Waals surface area contributed by atoms with E-state index >= 15 is 0 Å². The van der Waals surface area contributed by atoms with E-state index in [1.165, 1.54) is 12.4 Å². The van der Waals surface area contributed by atoms with Crippen LogP contribution in [-0.2, 0) is 0 Å². The zero-order chi connectivity index (χ0) is 13.1. The van der Waals surface area contributed by atoms with Crippen LogP contribution in [0.15, 0.2) is 12.4 Å². The monoisotopic (exact) mass is 239 g/mol. The van der Waals surface area contributed by atoms with Gasteiger partial charge in [-0.3, -0.25) is 0 Å². The summed E-state index contributed by atoms with van der Waals surface area (Å²) in [5.74, 6) is -0.574. The molecule has 1 atom stereocenters. The van der Waals surface area contributed by atoms with Crippen molar-refractivity contribution in [2.75, 3.05) is 11.9 Å². The maximum Gasteiger partial charge on any atom is 0.356 e. The second-order valence-electron chi connectivity index (χ2n) is 4.46. The lowest BCUT2D eigenvalue weighted by Crippen LogP contribution is -2.38. The minimum atomic E-state index is -1.11. The van der Waals surface area contributed by atoms with Gasteiger partial charge in [0.2, 0.25) is 0 Å². The fourth-order valence-electron chi connectivity index (χ4n) is 1.00. The number of hydrogen-bond acceptors (Lipinski definition) is 5. The average Bonchev–Trinajstić information content (AvgIpc) is 2.27. The van der Waals surface area contributed by atoms with Gasteiger partial charge in [0, 0.05) is 6.54 Å². The molecule has 3 N–H and O–H groups in total. The van der Waals surface area contributed by atoms with Crippen molar-refractivity contribution in [2.45, 2.75) is 26.4 Å². The lowest BCUT2D eigenvalue weighted by atomic mass is 9.93. The smallest absolute Gasteiger partial charge is 0.356 e. The molecule has 0 spiro atoms. The van der Waals surface area contributed by atoms with Crippen LogP contribution in [0.3, 0.4) is 0 Å². The molecule has 0 amide bonds. The lowest BCUT2D eigenvalue weighted by Gasteiger charge is -2.27. The number of carboxylic acids is 1. The Balaban J connectivity index is 2.62. The van der Waals surface area contributed by atoms with Crippen LogP contribution in [0, 0.1) is 5.92 Å². The molecule has 94 valence electrons. The van der Waals surface area contributed by atoms with E-state index in [2.05, 4.69) is 15.3 Å². The van der Waals surface area contributed by atoms with E-state index in [0.717, 1.165) is 0 Å². The molecule has 0 aliphatic rings. The fourth-order valence-corrected chi connectivity index (χ4v) is 1.00. The summed E-state index contributed by atoms with van der Waals surface area (Å²) in [5, 5.41) is 21.6. The van der Waals surface area contributed by atoms with Crippen molar-refractivity contribution >= 4 is 11.8 Å². The summed E-state index contributed by atoms with van der Waals surface area (Å²) in [5.41, 5.74) is -0.959. The van der Waals surface area contributed by atoms with Crippen molar-refractivity contribution in [3.05, 3.63) is 18.1 Å². The van der Waals surface area contributed by atoms with Crippen molar-refractivity contribution in [3.63, 3.8) is 0 Å². The summed E-state index contributed by atoms with van der Waals surface area (Å²) in [6.07, 6.45) is 2.51. The van der Waals surface area contributed by atoms with Crippen molar-refractivity contribution in [2.24, 2.45) is 5.92 Å². The molecule has 1 aromatic rings. The first kappa shape index (κ1) is 13.4. The van der Waals surface area contributed by atoms with Gasteiger partial charge in [0.05, 0.1) is 18.0 Å². The van der Waals surface area contributed by atoms with E-state index in [0.29, 0.717) is 12.4 Å². The number of aromatic nitrogens is 2. The molecule has 0 saturated heterocycles. The number of hydrogen-bond donors (Lipinski definition) is 3. The van der Waals surface area contributed by atoms with E-state index in [4.69, 9.17) is 5.11 Å². The molecule has 0 fully saturated rings. The molecule has 6 heteroatoms. The molecule has 0 aliphatic carbocycles. The number of carbonyl (C=O) groups is 1. The highest BCUT2D eigenvalue weighted by molar-refractivity contribution is 5.84. The largest absolute Gasteiger partial charge is 0.476 e. The van der Waals surface area contributed by atoms with Gasteiger partial charge < -0.3 is 15.5 Å². The van der Waals surface area contributed by atoms with E-state index in [-0.39, 0.29) is 11.6 Å². The van der Waals surface area contributed by atoms with Gasteiger partial charge in [0.15, 0.2) is 5.69 Å². The normalized spacial score (nSPS) is 14.4. The Labute approximate surface area is 99.7 Å². The van der Waals surface area contributed by atoms with Gasteiger partial charge in [-0.25, -0.2) is 14.8 Å². The predicted octanol–water partition coefficient (Wildman–Crippen LogP) is 0.994. The van der Waals surface area contributed by atoms with Crippen molar-refractivity contribution in [1.82, 2.24) is 9.97 Å². The zero-order valence-electron chi connectivity index (χ0n) is 10.1. The third kappa shape index (κ3) is 3.67. The third-order valence-corrected chi connectivity index (χ3v) is 2.74. The Bertz CT molecular complexity index is 387. The molecule has 0 radical (unpaired) electrons. The summed E-state index contributed by atoms with van der Waals surface area (Å²) >= 11 is 0. The van der Waals surface area contributed by atoms with Gasteiger partial charge in [0.1, 0.15) is 5.82 Å². The van der Waals surface area contributed by atoms with E-state index < -0.39 is 11.6 Å². The van der Waals surface area contributed by atoms with Crippen molar-refractivity contribution in [1.29, 1.82) is 0 Å². The molecular weight excluding hydrogens is 222 g/mol. The highest BCUT2D eigenvalue weighted by atomic mass is 16.4. The molecule has 0 saturated carbocycles. The molecule has 0 aromatic carbocycles. The van der Waals surface area contributed by atoms with Gasteiger partial charge in [-0.1, -0.05) is 13.8 Å². The van der Waals surface area contributed by atoms with Crippen molar-refractivity contribution < 1.29 is 15.0 Å². The highest BCUT2D eigenvalue weighted by Gasteiger charge is 2.24. The van der Waals surface area contributed by atoms with Gasteiger partial charge in [0.25, 0.3) is 0 Å². The molecule has 6 nitrogen and oxygen atoms in total.